The first-order valence-corrected chi connectivity index (χ1v) is 6.84. The first-order chi connectivity index (χ1) is 10.1. The van der Waals surface area contributed by atoms with Gasteiger partial charge in [-0.1, -0.05) is 24.3 Å². The Labute approximate surface area is 124 Å². The maximum absolute atomic E-state index is 13.6. The fourth-order valence-electron chi connectivity index (χ4n) is 2.33. The van der Waals surface area contributed by atoms with Crippen LogP contribution in [0.1, 0.15) is 11.1 Å². The van der Waals surface area contributed by atoms with Gasteiger partial charge in [-0.15, -0.1) is 0 Å². The van der Waals surface area contributed by atoms with Crippen molar-refractivity contribution in [1.29, 1.82) is 0 Å². The minimum atomic E-state index is -0.208. The molecule has 0 spiro atoms. The molecule has 0 bridgehead atoms. The van der Waals surface area contributed by atoms with Crippen LogP contribution in [0, 0.1) is 5.82 Å². The lowest BCUT2D eigenvalue weighted by molar-refractivity contribution is 0.354. The van der Waals surface area contributed by atoms with E-state index in [0.717, 1.165) is 5.56 Å². The minimum Gasteiger partial charge on any atom is -0.493 e. The number of hydrogen-bond donors (Lipinski definition) is 1. The normalized spacial score (nSPS) is 12.0. The molecule has 0 aliphatic carbocycles. The van der Waals surface area contributed by atoms with Crippen LogP contribution in [0.25, 0.3) is 0 Å². The summed E-state index contributed by atoms with van der Waals surface area (Å²) < 4.78 is 24.1. The van der Waals surface area contributed by atoms with Gasteiger partial charge in [0.05, 0.1) is 14.2 Å². The lowest BCUT2D eigenvalue weighted by Gasteiger charge is -2.14. The molecular formula is C17H20FNO2. The van der Waals surface area contributed by atoms with Crippen LogP contribution in [0.5, 0.6) is 11.5 Å². The molecule has 0 aromatic heterocycles. The van der Waals surface area contributed by atoms with Crippen LogP contribution in [-0.2, 0) is 12.8 Å². The Balaban J connectivity index is 2.06. The summed E-state index contributed by atoms with van der Waals surface area (Å²) in [7, 11) is 3.20. The maximum atomic E-state index is 13.6. The minimum absolute atomic E-state index is 0.153. The van der Waals surface area contributed by atoms with Crippen LogP contribution in [0.3, 0.4) is 0 Å². The highest BCUT2D eigenvalue weighted by atomic mass is 19.1. The van der Waals surface area contributed by atoms with E-state index >= 15 is 0 Å². The van der Waals surface area contributed by atoms with Crippen molar-refractivity contribution in [2.24, 2.45) is 5.73 Å². The zero-order valence-corrected chi connectivity index (χ0v) is 12.3. The zero-order valence-electron chi connectivity index (χ0n) is 12.3. The van der Waals surface area contributed by atoms with Crippen molar-refractivity contribution in [2.45, 2.75) is 18.9 Å². The molecule has 3 nitrogen and oxygen atoms in total. The monoisotopic (exact) mass is 289 g/mol. The molecule has 0 heterocycles. The molecule has 1 atom stereocenters. The van der Waals surface area contributed by atoms with Gasteiger partial charge in [-0.05, 0) is 42.2 Å². The predicted molar refractivity (Wildman–Crippen MR) is 81.3 cm³/mol. The van der Waals surface area contributed by atoms with Crippen molar-refractivity contribution in [1.82, 2.24) is 0 Å². The highest BCUT2D eigenvalue weighted by Gasteiger charge is 2.11. The average Bonchev–Trinajstić information content (AvgIpc) is 2.49. The standard InChI is InChI=1S/C17H20FNO2/c1-20-16-8-7-12(10-17(16)21-2)9-14(19)11-13-5-3-4-6-15(13)18/h3-8,10,14H,9,11,19H2,1-2H3. The number of rotatable bonds is 6. The second-order valence-electron chi connectivity index (χ2n) is 4.95. The van der Waals surface area contributed by atoms with Crippen molar-refractivity contribution >= 4 is 0 Å². The molecule has 0 amide bonds. The topological polar surface area (TPSA) is 44.5 Å². The van der Waals surface area contributed by atoms with Crippen LogP contribution >= 0.6 is 0 Å². The number of halogens is 1. The molecule has 0 aliphatic heterocycles. The lowest BCUT2D eigenvalue weighted by atomic mass is 9.99. The van der Waals surface area contributed by atoms with E-state index in [-0.39, 0.29) is 11.9 Å². The third kappa shape index (κ3) is 3.95. The lowest BCUT2D eigenvalue weighted by Crippen LogP contribution is -2.26. The van der Waals surface area contributed by atoms with Gasteiger partial charge in [0.2, 0.25) is 0 Å². The second-order valence-corrected chi connectivity index (χ2v) is 4.95. The van der Waals surface area contributed by atoms with Crippen LogP contribution in [0.15, 0.2) is 42.5 Å². The molecule has 1 unspecified atom stereocenters. The SMILES string of the molecule is COc1ccc(CC(N)Cc2ccccc2F)cc1OC. The summed E-state index contributed by atoms with van der Waals surface area (Å²) >= 11 is 0. The molecule has 0 saturated heterocycles. The highest BCUT2D eigenvalue weighted by Crippen LogP contribution is 2.28. The summed E-state index contributed by atoms with van der Waals surface area (Å²) in [6, 6.07) is 12.3. The molecule has 0 aliphatic rings. The number of benzene rings is 2. The smallest absolute Gasteiger partial charge is 0.160 e. The molecule has 4 heteroatoms. The Morgan fingerprint density at radius 2 is 1.71 bits per heavy atom. The molecule has 2 aromatic carbocycles. The van der Waals surface area contributed by atoms with Gasteiger partial charge in [0, 0.05) is 6.04 Å². The van der Waals surface area contributed by atoms with Crippen molar-refractivity contribution < 1.29 is 13.9 Å². The maximum Gasteiger partial charge on any atom is 0.160 e. The summed E-state index contributed by atoms with van der Waals surface area (Å²) in [6.07, 6.45) is 1.15. The summed E-state index contributed by atoms with van der Waals surface area (Å²) in [6.45, 7) is 0. The number of ether oxygens (including phenoxy) is 2. The van der Waals surface area contributed by atoms with Crippen molar-refractivity contribution in [3.8, 4) is 11.5 Å². The van der Waals surface area contributed by atoms with Crippen LogP contribution in [0.4, 0.5) is 4.39 Å². The summed E-state index contributed by atoms with van der Waals surface area (Å²) in [4.78, 5) is 0. The Morgan fingerprint density at radius 1 is 1.00 bits per heavy atom. The molecule has 2 rings (SSSR count). The number of methoxy groups -OCH3 is 2. The summed E-state index contributed by atoms with van der Waals surface area (Å²) in [5, 5.41) is 0. The van der Waals surface area contributed by atoms with Crippen molar-refractivity contribution in [2.75, 3.05) is 14.2 Å². The van der Waals surface area contributed by atoms with E-state index in [1.165, 1.54) is 6.07 Å². The van der Waals surface area contributed by atoms with Gasteiger partial charge in [-0.25, -0.2) is 4.39 Å². The molecule has 2 N–H and O–H groups in total. The summed E-state index contributed by atoms with van der Waals surface area (Å²) in [5.74, 6) is 1.15. The largest absolute Gasteiger partial charge is 0.493 e. The average molecular weight is 289 g/mol. The molecule has 0 radical (unpaired) electrons. The van der Waals surface area contributed by atoms with E-state index < -0.39 is 0 Å². The molecule has 21 heavy (non-hydrogen) atoms. The Bertz CT molecular complexity index is 601. The van der Waals surface area contributed by atoms with Crippen molar-refractivity contribution in [3.63, 3.8) is 0 Å². The molecule has 2 aromatic rings. The Kier molecular flexibility index (Phi) is 5.17. The van der Waals surface area contributed by atoms with Gasteiger partial charge in [0.1, 0.15) is 5.82 Å². The molecule has 0 saturated carbocycles. The van der Waals surface area contributed by atoms with E-state index in [2.05, 4.69) is 0 Å². The summed E-state index contributed by atoms with van der Waals surface area (Å²) in [5.41, 5.74) is 7.81. The van der Waals surface area contributed by atoms with Gasteiger partial charge in [-0.2, -0.15) is 0 Å². The predicted octanol–water partition coefficient (Wildman–Crippen LogP) is 2.96. The van der Waals surface area contributed by atoms with E-state index in [1.54, 1.807) is 26.4 Å². The molecular weight excluding hydrogens is 269 g/mol. The Hall–Kier alpha value is -2.07. The van der Waals surface area contributed by atoms with E-state index in [4.69, 9.17) is 15.2 Å². The van der Waals surface area contributed by atoms with E-state index in [1.807, 2.05) is 24.3 Å². The first-order valence-electron chi connectivity index (χ1n) is 6.84. The Morgan fingerprint density at radius 3 is 2.38 bits per heavy atom. The van der Waals surface area contributed by atoms with E-state index in [0.29, 0.717) is 29.9 Å². The second kappa shape index (κ2) is 7.09. The first kappa shape index (κ1) is 15.3. The zero-order chi connectivity index (χ0) is 15.2. The number of nitrogens with two attached hydrogens (primary N) is 1. The molecule has 112 valence electrons. The van der Waals surface area contributed by atoms with Crippen molar-refractivity contribution in [3.05, 3.63) is 59.4 Å². The fourth-order valence-corrected chi connectivity index (χ4v) is 2.33. The van der Waals surface area contributed by atoms with Gasteiger partial charge in [0.15, 0.2) is 11.5 Å². The van der Waals surface area contributed by atoms with Gasteiger partial charge < -0.3 is 15.2 Å². The fraction of sp³-hybridized carbons (Fsp3) is 0.294. The van der Waals surface area contributed by atoms with Gasteiger partial charge in [0.25, 0.3) is 0 Å². The quantitative estimate of drug-likeness (QED) is 0.889. The third-order valence-corrected chi connectivity index (χ3v) is 3.39. The van der Waals surface area contributed by atoms with Gasteiger partial charge >= 0.3 is 0 Å². The van der Waals surface area contributed by atoms with Crippen LogP contribution in [0.2, 0.25) is 0 Å². The molecule has 0 fully saturated rings. The van der Waals surface area contributed by atoms with Crippen LogP contribution in [-0.4, -0.2) is 20.3 Å². The third-order valence-electron chi connectivity index (χ3n) is 3.39. The number of hydrogen-bond acceptors (Lipinski definition) is 3. The van der Waals surface area contributed by atoms with Crippen LogP contribution < -0.4 is 15.2 Å². The highest BCUT2D eigenvalue weighted by molar-refractivity contribution is 5.43. The van der Waals surface area contributed by atoms with E-state index in [9.17, 15) is 4.39 Å². The van der Waals surface area contributed by atoms with Gasteiger partial charge in [-0.3, -0.25) is 0 Å².